The van der Waals surface area contributed by atoms with Crippen LogP contribution in [-0.2, 0) is 30.0 Å². The standard InChI is InChI=1S/C23H35N2O5P/c1-2-29-23(27)21-9-6-14-24(17-21)22(26)11-10-19-12-15-25(16-13-19)31(28)30-18-20-7-4-3-5-8-20/h3-5,7-8,19,21,31H,2,6,9-18H2,1H3/t21-/m1/s1. The van der Waals surface area contributed by atoms with Gasteiger partial charge in [-0.3, -0.25) is 14.2 Å². The fourth-order valence-electron chi connectivity index (χ4n) is 4.36. The van der Waals surface area contributed by atoms with Crippen molar-refractivity contribution in [2.45, 2.75) is 52.1 Å². The van der Waals surface area contributed by atoms with Crippen LogP contribution < -0.4 is 0 Å². The highest BCUT2D eigenvalue weighted by atomic mass is 31.1. The molecule has 8 heteroatoms. The number of carbonyl (C=O) groups excluding carboxylic acids is 2. The van der Waals surface area contributed by atoms with E-state index in [0.717, 1.165) is 57.3 Å². The summed E-state index contributed by atoms with van der Waals surface area (Å²) < 4.78 is 25.1. The number of hydrogen-bond donors (Lipinski definition) is 0. The first-order chi connectivity index (χ1) is 15.1. The number of ether oxygens (including phenoxy) is 1. The largest absolute Gasteiger partial charge is 0.466 e. The number of amides is 1. The first kappa shape index (κ1) is 24.0. The third-order valence-electron chi connectivity index (χ3n) is 6.24. The Labute approximate surface area is 186 Å². The van der Waals surface area contributed by atoms with Crippen LogP contribution in [0.15, 0.2) is 30.3 Å². The SMILES string of the molecule is CCOC(=O)[C@@H]1CCCN(C(=O)CCC2CCN([PH](=O)OCc3ccccc3)CC2)C1. The molecule has 2 saturated heterocycles. The maximum Gasteiger partial charge on any atom is 0.310 e. The summed E-state index contributed by atoms with van der Waals surface area (Å²) in [4.78, 5) is 26.5. The van der Waals surface area contributed by atoms with Crippen LogP contribution in [0.3, 0.4) is 0 Å². The van der Waals surface area contributed by atoms with E-state index in [-0.39, 0.29) is 17.8 Å². The van der Waals surface area contributed by atoms with Gasteiger partial charge < -0.3 is 14.2 Å². The van der Waals surface area contributed by atoms with Crippen molar-refractivity contribution in [3.05, 3.63) is 35.9 Å². The first-order valence-electron chi connectivity index (χ1n) is 11.5. The van der Waals surface area contributed by atoms with Crippen LogP contribution >= 0.6 is 8.18 Å². The molecule has 7 nitrogen and oxygen atoms in total. The highest BCUT2D eigenvalue weighted by Crippen LogP contribution is 2.35. The number of esters is 1. The molecule has 0 saturated carbocycles. The lowest BCUT2D eigenvalue weighted by molar-refractivity contribution is -0.151. The molecule has 0 N–H and O–H groups in total. The van der Waals surface area contributed by atoms with Gasteiger partial charge in [0.2, 0.25) is 5.91 Å². The zero-order chi connectivity index (χ0) is 22.1. The van der Waals surface area contributed by atoms with Gasteiger partial charge in [0.15, 0.2) is 0 Å². The van der Waals surface area contributed by atoms with Crippen LogP contribution in [0.4, 0.5) is 0 Å². The topological polar surface area (TPSA) is 76.2 Å². The van der Waals surface area contributed by atoms with E-state index >= 15 is 0 Å². The van der Waals surface area contributed by atoms with E-state index in [2.05, 4.69) is 0 Å². The van der Waals surface area contributed by atoms with Crippen LogP contribution in [0.2, 0.25) is 0 Å². The Hall–Kier alpha value is -1.69. The molecule has 0 aromatic heterocycles. The third kappa shape index (κ3) is 7.44. The summed E-state index contributed by atoms with van der Waals surface area (Å²) in [6.45, 7) is 5.27. The number of hydrogen-bond acceptors (Lipinski definition) is 5. The molecule has 0 aliphatic carbocycles. The average molecular weight is 451 g/mol. The van der Waals surface area contributed by atoms with Crippen LogP contribution in [0.5, 0.6) is 0 Å². The Morgan fingerprint density at radius 2 is 1.84 bits per heavy atom. The average Bonchev–Trinajstić information content (AvgIpc) is 2.82. The van der Waals surface area contributed by atoms with Crippen LogP contribution in [0.25, 0.3) is 0 Å². The van der Waals surface area contributed by atoms with Gasteiger partial charge in [-0.25, -0.2) is 4.67 Å². The Kier molecular flexibility index (Phi) is 9.56. The maximum absolute atomic E-state index is 12.7. The molecule has 172 valence electrons. The van der Waals surface area contributed by atoms with E-state index in [1.807, 2.05) is 39.9 Å². The van der Waals surface area contributed by atoms with Crippen molar-refractivity contribution in [2.24, 2.45) is 11.8 Å². The lowest BCUT2D eigenvalue weighted by Crippen LogP contribution is -2.43. The van der Waals surface area contributed by atoms with Gasteiger partial charge in [-0.2, -0.15) is 0 Å². The second kappa shape index (κ2) is 12.4. The molecule has 1 unspecified atom stereocenters. The van der Waals surface area contributed by atoms with E-state index in [1.165, 1.54) is 0 Å². The molecule has 0 radical (unpaired) electrons. The second-order valence-corrected chi connectivity index (χ2v) is 9.89. The predicted molar refractivity (Wildman–Crippen MR) is 120 cm³/mol. The molecule has 0 spiro atoms. The molecule has 31 heavy (non-hydrogen) atoms. The number of rotatable bonds is 9. The van der Waals surface area contributed by atoms with Gasteiger partial charge in [0.1, 0.15) is 0 Å². The van der Waals surface area contributed by atoms with Crippen molar-refractivity contribution < 1.29 is 23.4 Å². The number of carbonyl (C=O) groups is 2. The second-order valence-electron chi connectivity index (χ2n) is 8.44. The zero-order valence-corrected chi connectivity index (χ0v) is 19.5. The Balaban J connectivity index is 1.34. The Morgan fingerprint density at radius 1 is 1.10 bits per heavy atom. The van der Waals surface area contributed by atoms with Crippen molar-refractivity contribution in [3.63, 3.8) is 0 Å². The van der Waals surface area contributed by atoms with Crippen LogP contribution in [-0.4, -0.2) is 54.2 Å². The number of piperidine rings is 2. The quantitative estimate of drug-likeness (QED) is 0.420. The predicted octanol–water partition coefficient (Wildman–Crippen LogP) is 3.89. The number of likely N-dealkylation sites (tertiary alicyclic amines) is 1. The van der Waals surface area contributed by atoms with E-state index in [0.29, 0.717) is 32.1 Å². The minimum Gasteiger partial charge on any atom is -0.466 e. The van der Waals surface area contributed by atoms with Crippen LogP contribution in [0.1, 0.15) is 51.0 Å². The molecule has 2 aliphatic rings. The third-order valence-corrected chi connectivity index (χ3v) is 7.59. The van der Waals surface area contributed by atoms with Crippen LogP contribution in [0, 0.1) is 11.8 Å². The summed E-state index contributed by atoms with van der Waals surface area (Å²) in [6, 6.07) is 9.78. The smallest absolute Gasteiger partial charge is 0.310 e. The molecule has 2 heterocycles. The van der Waals surface area contributed by atoms with Crippen molar-refractivity contribution in [1.82, 2.24) is 9.57 Å². The molecular formula is C23H35N2O5P. The van der Waals surface area contributed by atoms with Gasteiger partial charge in [0, 0.05) is 32.6 Å². The molecule has 2 atom stereocenters. The minimum absolute atomic E-state index is 0.135. The van der Waals surface area contributed by atoms with Gasteiger partial charge in [-0.1, -0.05) is 30.3 Å². The Morgan fingerprint density at radius 3 is 2.55 bits per heavy atom. The van der Waals surface area contributed by atoms with Crippen molar-refractivity contribution >= 4 is 20.1 Å². The van der Waals surface area contributed by atoms with Gasteiger partial charge in [0.05, 0.1) is 19.1 Å². The highest BCUT2D eigenvalue weighted by molar-refractivity contribution is 7.36. The van der Waals surface area contributed by atoms with Gasteiger partial charge in [-0.15, -0.1) is 0 Å². The van der Waals surface area contributed by atoms with E-state index < -0.39 is 8.18 Å². The molecular weight excluding hydrogens is 415 g/mol. The summed E-state index contributed by atoms with van der Waals surface area (Å²) >= 11 is 0. The summed E-state index contributed by atoms with van der Waals surface area (Å²) in [5, 5.41) is 0. The van der Waals surface area contributed by atoms with Gasteiger partial charge in [0.25, 0.3) is 8.18 Å². The van der Waals surface area contributed by atoms with E-state index in [1.54, 1.807) is 6.92 Å². The summed E-state index contributed by atoms with van der Waals surface area (Å²) in [6.07, 6.45) is 4.88. The lowest BCUT2D eigenvalue weighted by atomic mass is 9.92. The molecule has 1 aromatic rings. The molecule has 1 amide bonds. The fourth-order valence-corrected chi connectivity index (χ4v) is 5.45. The Bertz CT molecular complexity index is 737. The molecule has 1 aromatic carbocycles. The van der Waals surface area contributed by atoms with Crippen molar-refractivity contribution in [2.75, 3.05) is 32.8 Å². The summed E-state index contributed by atoms with van der Waals surface area (Å²) in [5.41, 5.74) is 1.03. The molecule has 0 bridgehead atoms. The zero-order valence-electron chi connectivity index (χ0n) is 18.5. The summed E-state index contributed by atoms with van der Waals surface area (Å²) in [7, 11) is -2.21. The van der Waals surface area contributed by atoms with Crippen molar-refractivity contribution in [3.8, 4) is 0 Å². The van der Waals surface area contributed by atoms with Gasteiger partial charge >= 0.3 is 5.97 Å². The van der Waals surface area contributed by atoms with E-state index in [4.69, 9.17) is 9.26 Å². The van der Waals surface area contributed by atoms with Crippen molar-refractivity contribution in [1.29, 1.82) is 0 Å². The molecule has 3 rings (SSSR count). The summed E-state index contributed by atoms with van der Waals surface area (Å²) in [5.74, 6) is 0.234. The monoisotopic (exact) mass is 450 g/mol. The molecule has 2 fully saturated rings. The van der Waals surface area contributed by atoms with Gasteiger partial charge in [-0.05, 0) is 50.5 Å². The maximum atomic E-state index is 12.7. The van der Waals surface area contributed by atoms with E-state index in [9.17, 15) is 14.2 Å². The number of benzene rings is 1. The minimum atomic E-state index is -2.21. The lowest BCUT2D eigenvalue weighted by Gasteiger charge is -2.33. The fraction of sp³-hybridized carbons (Fsp3) is 0.652. The first-order valence-corrected chi connectivity index (χ1v) is 12.7. The number of nitrogens with zero attached hydrogens (tertiary/aromatic N) is 2. The highest BCUT2D eigenvalue weighted by Gasteiger charge is 2.30. The molecule has 2 aliphatic heterocycles. The normalized spacial score (nSPS) is 21.6.